The number of anilines is 1. The average molecular weight is 512 g/mol. The molecule has 1 amide bonds. The third-order valence-electron chi connectivity index (χ3n) is 5.95. The highest BCUT2D eigenvalue weighted by atomic mass is 32.2. The van der Waals surface area contributed by atoms with E-state index in [1.54, 1.807) is 4.57 Å². The second kappa shape index (κ2) is 10.1. The lowest BCUT2D eigenvalue weighted by Crippen LogP contribution is -2.22. The summed E-state index contributed by atoms with van der Waals surface area (Å²) in [5, 5.41) is 4.10. The van der Waals surface area contributed by atoms with Crippen LogP contribution < -0.4 is 10.9 Å². The Hall–Kier alpha value is -3.68. The van der Waals surface area contributed by atoms with Gasteiger partial charge in [-0.15, -0.1) is 11.3 Å². The van der Waals surface area contributed by atoms with E-state index in [2.05, 4.69) is 5.32 Å². The van der Waals surface area contributed by atoms with E-state index < -0.39 is 0 Å². The standard InChI is InChI=1S/C29H25N3O2S2/c1-18-14-15-19(2)23(16-18)30-24(33)17-35-29-31-27-26(28(34)32(29)22-12-8-5-9-13-22)25(20(3)36-27)21-10-6-4-7-11-21/h4-16H,17H2,1-3H3,(H,30,33). The lowest BCUT2D eigenvalue weighted by Gasteiger charge is -2.13. The molecule has 0 unspecified atom stereocenters. The van der Waals surface area contributed by atoms with Crippen LogP contribution in [0, 0.1) is 20.8 Å². The van der Waals surface area contributed by atoms with Gasteiger partial charge >= 0.3 is 0 Å². The van der Waals surface area contributed by atoms with E-state index in [1.165, 1.54) is 23.1 Å². The second-order valence-electron chi connectivity index (χ2n) is 8.61. The van der Waals surface area contributed by atoms with Crippen molar-refractivity contribution >= 4 is 44.9 Å². The van der Waals surface area contributed by atoms with Gasteiger partial charge in [-0.2, -0.15) is 0 Å². The number of thiophene rings is 1. The molecule has 3 aromatic carbocycles. The Bertz CT molecular complexity index is 1620. The van der Waals surface area contributed by atoms with Gasteiger partial charge in [-0.25, -0.2) is 4.98 Å². The SMILES string of the molecule is Cc1ccc(C)c(NC(=O)CSc2nc3sc(C)c(-c4ccccc4)c3c(=O)n2-c2ccccc2)c1. The molecule has 2 aromatic heterocycles. The maximum Gasteiger partial charge on any atom is 0.268 e. The number of hydrogen-bond acceptors (Lipinski definition) is 5. The Balaban J connectivity index is 1.56. The average Bonchev–Trinajstić information content (AvgIpc) is 3.22. The maximum absolute atomic E-state index is 14.0. The van der Waals surface area contributed by atoms with Gasteiger partial charge in [0.25, 0.3) is 5.56 Å². The van der Waals surface area contributed by atoms with Crippen molar-refractivity contribution in [1.82, 2.24) is 9.55 Å². The number of aromatic nitrogens is 2. The van der Waals surface area contributed by atoms with Crippen LogP contribution in [0.1, 0.15) is 16.0 Å². The van der Waals surface area contributed by atoms with E-state index in [0.29, 0.717) is 15.4 Å². The number of thioether (sulfide) groups is 1. The number of fused-ring (bicyclic) bond motifs is 1. The number of carbonyl (C=O) groups is 1. The molecule has 180 valence electrons. The molecule has 0 spiro atoms. The molecule has 7 heteroatoms. The first-order chi connectivity index (χ1) is 17.4. The van der Waals surface area contributed by atoms with Crippen molar-refractivity contribution in [2.75, 3.05) is 11.1 Å². The molecule has 5 aromatic rings. The summed E-state index contributed by atoms with van der Waals surface area (Å²) in [6.45, 7) is 5.98. The summed E-state index contributed by atoms with van der Waals surface area (Å²) in [4.78, 5) is 33.4. The number of aryl methyl sites for hydroxylation is 3. The fraction of sp³-hybridized carbons (Fsp3) is 0.138. The number of carbonyl (C=O) groups excluding carboxylic acids is 1. The Morgan fingerprint density at radius 2 is 1.67 bits per heavy atom. The van der Waals surface area contributed by atoms with Crippen LogP contribution in [0.5, 0.6) is 0 Å². The lowest BCUT2D eigenvalue weighted by molar-refractivity contribution is -0.113. The number of hydrogen-bond donors (Lipinski definition) is 1. The van der Waals surface area contributed by atoms with Crippen LogP contribution in [0.15, 0.2) is 88.8 Å². The van der Waals surface area contributed by atoms with Crippen molar-refractivity contribution in [2.45, 2.75) is 25.9 Å². The molecule has 0 saturated carbocycles. The van der Waals surface area contributed by atoms with Crippen molar-refractivity contribution in [3.8, 4) is 16.8 Å². The Morgan fingerprint density at radius 1 is 0.972 bits per heavy atom. The van der Waals surface area contributed by atoms with E-state index in [-0.39, 0.29) is 17.2 Å². The number of benzene rings is 3. The molecule has 1 N–H and O–H groups in total. The zero-order chi connectivity index (χ0) is 25.2. The van der Waals surface area contributed by atoms with E-state index in [0.717, 1.165) is 38.5 Å². The zero-order valence-electron chi connectivity index (χ0n) is 20.2. The van der Waals surface area contributed by atoms with Crippen molar-refractivity contribution in [2.24, 2.45) is 0 Å². The molecule has 5 nitrogen and oxygen atoms in total. The summed E-state index contributed by atoms with van der Waals surface area (Å²) in [5.74, 6) is -0.0105. The molecular weight excluding hydrogens is 486 g/mol. The van der Waals surface area contributed by atoms with E-state index in [1.807, 2.05) is 99.6 Å². The van der Waals surface area contributed by atoms with E-state index in [4.69, 9.17) is 4.98 Å². The summed E-state index contributed by atoms with van der Waals surface area (Å²) < 4.78 is 1.62. The van der Waals surface area contributed by atoms with Crippen LogP contribution in [0.4, 0.5) is 5.69 Å². The fourth-order valence-electron chi connectivity index (χ4n) is 4.18. The van der Waals surface area contributed by atoms with Crippen LogP contribution in [-0.4, -0.2) is 21.2 Å². The third kappa shape index (κ3) is 4.72. The maximum atomic E-state index is 14.0. The highest BCUT2D eigenvalue weighted by Gasteiger charge is 2.21. The summed E-state index contributed by atoms with van der Waals surface area (Å²) in [6.07, 6.45) is 0. The molecule has 5 rings (SSSR count). The van der Waals surface area contributed by atoms with Gasteiger partial charge in [0.15, 0.2) is 5.16 Å². The number of para-hydroxylation sites is 1. The van der Waals surface area contributed by atoms with Gasteiger partial charge < -0.3 is 5.32 Å². The second-order valence-corrected chi connectivity index (χ2v) is 10.8. The molecular formula is C29H25N3O2S2. The van der Waals surface area contributed by atoms with Crippen molar-refractivity contribution in [3.63, 3.8) is 0 Å². The third-order valence-corrected chi connectivity index (χ3v) is 7.89. The van der Waals surface area contributed by atoms with Gasteiger partial charge in [0.2, 0.25) is 5.91 Å². The first-order valence-electron chi connectivity index (χ1n) is 11.6. The van der Waals surface area contributed by atoms with Gasteiger partial charge in [-0.3, -0.25) is 14.2 Å². The smallest absolute Gasteiger partial charge is 0.268 e. The molecule has 0 aliphatic carbocycles. The fourth-order valence-corrected chi connectivity index (χ4v) is 6.08. The van der Waals surface area contributed by atoms with Gasteiger partial charge in [0, 0.05) is 16.1 Å². The van der Waals surface area contributed by atoms with Crippen LogP contribution in [0.3, 0.4) is 0 Å². The van der Waals surface area contributed by atoms with Gasteiger partial charge in [-0.1, -0.05) is 72.4 Å². The first kappa shape index (κ1) is 24.0. The monoisotopic (exact) mass is 511 g/mol. The van der Waals surface area contributed by atoms with Crippen molar-refractivity contribution < 1.29 is 4.79 Å². The molecule has 0 fully saturated rings. The van der Waals surface area contributed by atoms with Crippen molar-refractivity contribution in [3.05, 3.63) is 105 Å². The van der Waals surface area contributed by atoms with Crippen LogP contribution >= 0.6 is 23.1 Å². The normalized spacial score (nSPS) is 11.1. The summed E-state index contributed by atoms with van der Waals surface area (Å²) in [7, 11) is 0. The van der Waals surface area contributed by atoms with E-state index in [9.17, 15) is 9.59 Å². The molecule has 0 aliphatic heterocycles. The quantitative estimate of drug-likeness (QED) is 0.202. The molecule has 0 atom stereocenters. The predicted octanol–water partition coefficient (Wildman–Crippen LogP) is 6.77. The lowest BCUT2D eigenvalue weighted by atomic mass is 10.0. The molecule has 0 saturated heterocycles. The number of nitrogens with zero attached hydrogens (tertiary/aromatic N) is 2. The molecule has 0 radical (unpaired) electrons. The van der Waals surface area contributed by atoms with Crippen molar-refractivity contribution in [1.29, 1.82) is 0 Å². The van der Waals surface area contributed by atoms with Crippen LogP contribution in [0.2, 0.25) is 0 Å². The minimum atomic E-state index is -0.144. The topological polar surface area (TPSA) is 64.0 Å². The van der Waals surface area contributed by atoms with Gasteiger partial charge in [0.05, 0.1) is 16.8 Å². The predicted molar refractivity (Wildman–Crippen MR) is 151 cm³/mol. The summed E-state index contributed by atoms with van der Waals surface area (Å²) in [6, 6.07) is 25.4. The minimum absolute atomic E-state index is 0.133. The van der Waals surface area contributed by atoms with Gasteiger partial charge in [0.1, 0.15) is 4.83 Å². The molecule has 2 heterocycles. The minimum Gasteiger partial charge on any atom is -0.325 e. The van der Waals surface area contributed by atoms with Crippen LogP contribution in [-0.2, 0) is 4.79 Å². The first-order valence-corrected chi connectivity index (χ1v) is 13.4. The molecule has 36 heavy (non-hydrogen) atoms. The summed E-state index contributed by atoms with van der Waals surface area (Å²) in [5.41, 5.74) is 5.38. The number of nitrogens with one attached hydrogen (secondary N) is 1. The summed E-state index contributed by atoms with van der Waals surface area (Å²) >= 11 is 2.77. The number of amides is 1. The largest absolute Gasteiger partial charge is 0.325 e. The molecule has 0 aliphatic rings. The highest BCUT2D eigenvalue weighted by Crippen LogP contribution is 2.37. The highest BCUT2D eigenvalue weighted by molar-refractivity contribution is 7.99. The Labute approximate surface area is 217 Å². The Kier molecular flexibility index (Phi) is 6.76. The van der Waals surface area contributed by atoms with E-state index >= 15 is 0 Å². The van der Waals surface area contributed by atoms with Crippen LogP contribution in [0.25, 0.3) is 27.0 Å². The zero-order valence-corrected chi connectivity index (χ0v) is 21.9. The number of rotatable bonds is 6. The van der Waals surface area contributed by atoms with Gasteiger partial charge in [-0.05, 0) is 55.7 Å². The molecule has 0 bridgehead atoms. The Morgan fingerprint density at radius 3 is 2.39 bits per heavy atom.